The highest BCUT2D eigenvalue weighted by Crippen LogP contribution is 2.35. The quantitative estimate of drug-likeness (QED) is 0.0966. The van der Waals surface area contributed by atoms with Crippen LogP contribution in [0, 0.1) is 11.8 Å². The molecule has 242 valence electrons. The molecule has 10 nitrogen and oxygen atoms in total. The van der Waals surface area contributed by atoms with Gasteiger partial charge in [0.2, 0.25) is 0 Å². The van der Waals surface area contributed by atoms with Gasteiger partial charge in [0.05, 0.1) is 31.1 Å². The van der Waals surface area contributed by atoms with Gasteiger partial charge in [-0.05, 0) is 80.2 Å². The molecule has 0 radical (unpaired) electrons. The fourth-order valence-corrected chi connectivity index (χ4v) is 6.79. The second kappa shape index (κ2) is 16.6. The number of hydrogen-bond donors (Lipinski definition) is 4. The lowest BCUT2D eigenvalue weighted by Crippen LogP contribution is -2.34. The molecule has 0 aliphatic carbocycles. The van der Waals surface area contributed by atoms with E-state index < -0.39 is 5.97 Å². The number of aromatic nitrogens is 2. The predicted molar refractivity (Wildman–Crippen MR) is 183 cm³/mol. The number of nitrogens with one attached hydrogen (secondary N) is 1. The number of carbonyl (C=O) groups is 1. The number of nitrogens with two attached hydrogens (primary N) is 2. The van der Waals surface area contributed by atoms with Gasteiger partial charge in [-0.15, -0.1) is 11.3 Å². The van der Waals surface area contributed by atoms with Crippen molar-refractivity contribution in [3.8, 4) is 17.6 Å². The van der Waals surface area contributed by atoms with Gasteiger partial charge >= 0.3 is 5.97 Å². The summed E-state index contributed by atoms with van der Waals surface area (Å²) in [6.07, 6.45) is 2.88. The molecule has 6 N–H and O–H groups in total. The predicted octanol–water partition coefficient (Wildman–Crippen LogP) is 5.55. The number of carbonyl (C=O) groups excluding carboxylic acids is 1. The molecule has 0 fully saturated rings. The summed E-state index contributed by atoms with van der Waals surface area (Å²) < 4.78 is 21.5. The maximum Gasteiger partial charge on any atom is 0.357 e. The highest BCUT2D eigenvalue weighted by atomic mass is 32.1. The second-order valence-corrected chi connectivity index (χ2v) is 12.1. The molecular weight excluding hydrogens is 628 g/mol. The molecule has 0 saturated heterocycles. The molecule has 2 aromatic heterocycles. The van der Waals surface area contributed by atoms with Gasteiger partial charge in [0, 0.05) is 17.0 Å². The molecule has 0 atom stereocenters. The zero-order chi connectivity index (χ0) is 33.1. The Labute approximate surface area is 275 Å². The van der Waals surface area contributed by atoms with E-state index in [1.54, 1.807) is 0 Å². The Balaban J connectivity index is 0.00000235. The molecule has 13 heteroatoms. The first-order valence-electron chi connectivity index (χ1n) is 14.5. The normalized spacial score (nSPS) is 13.3. The number of hydrogen-bond acceptors (Lipinski definition) is 12. The van der Waals surface area contributed by atoms with Gasteiger partial charge in [-0.25, -0.2) is 14.8 Å². The lowest BCUT2D eigenvalue weighted by atomic mass is 9.99. The Hall–Kier alpha value is -4.64. The number of para-hydroxylation sites is 1. The molecule has 2 aromatic carbocycles. The number of anilines is 2. The van der Waals surface area contributed by atoms with Crippen LogP contribution < -0.4 is 26.4 Å². The summed E-state index contributed by atoms with van der Waals surface area (Å²) in [6, 6.07) is 15.3. The van der Waals surface area contributed by atoms with Crippen LogP contribution in [0.2, 0.25) is 0 Å². The molecule has 0 saturated carbocycles. The maximum atomic E-state index is 12.6. The van der Waals surface area contributed by atoms with E-state index in [1.807, 2.05) is 60.4 Å². The van der Waals surface area contributed by atoms with Crippen LogP contribution in [0.4, 0.5) is 14.7 Å². The van der Waals surface area contributed by atoms with Crippen molar-refractivity contribution in [3.05, 3.63) is 87.5 Å². The van der Waals surface area contributed by atoms with Gasteiger partial charge in [-0.2, -0.15) is 0 Å². The number of fused-ring (bicyclic) bond motifs is 1. The Kier molecular flexibility index (Phi) is 12.4. The third-order valence-corrected chi connectivity index (χ3v) is 9.17. The largest absolute Gasteiger partial charge is 0.494 e. The number of allylic oxidation sites excluding steroid dienone is 2. The van der Waals surface area contributed by atoms with Gasteiger partial charge in [-0.1, -0.05) is 35.3 Å². The number of aliphatic hydroxyl groups is 1. The standard InChI is InChI=1S/C32H34N6O4S2.CH3F/c1-20(28(33)37-31-35-24-10-3-4-11-25(24)43-31)23-9-5-17-38(29(23)34)32-36-27(30(40)41-2)26(44-32)12-7-19-42-22-15-13-21(14-16-22)8-6-18-39;1-2/h3-4,10-11,13-16,39H,5,7,9,12,17-19,33-34H2,1-2H3,(H,35,37);1H3/b28-20+;. The minimum Gasteiger partial charge on any atom is -0.494 e. The Morgan fingerprint density at radius 1 is 1.15 bits per heavy atom. The lowest BCUT2D eigenvalue weighted by Gasteiger charge is -2.30. The molecule has 1 aliphatic heterocycles. The van der Waals surface area contributed by atoms with Crippen molar-refractivity contribution in [3.63, 3.8) is 0 Å². The fourth-order valence-electron chi connectivity index (χ4n) is 4.78. The van der Waals surface area contributed by atoms with E-state index in [0.717, 1.165) is 55.5 Å². The van der Waals surface area contributed by atoms with E-state index in [2.05, 4.69) is 27.1 Å². The monoisotopic (exact) mass is 664 g/mol. The molecule has 3 heterocycles. The summed E-state index contributed by atoms with van der Waals surface area (Å²) in [5.74, 6) is 6.77. The van der Waals surface area contributed by atoms with Crippen molar-refractivity contribution in [1.29, 1.82) is 0 Å². The molecule has 5 rings (SSSR count). The Morgan fingerprint density at radius 3 is 2.63 bits per heavy atom. The number of esters is 1. The number of aryl methyl sites for hydroxylation is 1. The average Bonchev–Trinajstić information content (AvgIpc) is 3.70. The van der Waals surface area contributed by atoms with E-state index in [9.17, 15) is 9.18 Å². The third kappa shape index (κ3) is 8.33. The highest BCUT2D eigenvalue weighted by molar-refractivity contribution is 7.22. The summed E-state index contributed by atoms with van der Waals surface area (Å²) in [4.78, 5) is 24.7. The summed E-state index contributed by atoms with van der Waals surface area (Å²) in [5, 5.41) is 13.4. The maximum absolute atomic E-state index is 12.6. The Morgan fingerprint density at radius 2 is 1.91 bits per heavy atom. The van der Waals surface area contributed by atoms with Crippen molar-refractivity contribution in [2.75, 3.05) is 44.3 Å². The summed E-state index contributed by atoms with van der Waals surface area (Å²) >= 11 is 2.97. The molecule has 0 unspecified atom stereocenters. The second-order valence-electron chi connectivity index (χ2n) is 9.97. The summed E-state index contributed by atoms with van der Waals surface area (Å²) in [7, 11) is 1.85. The van der Waals surface area contributed by atoms with Crippen molar-refractivity contribution >= 4 is 49.1 Å². The SMILES string of the molecule is CF.COC(=O)c1nc(N2CCCC(/C(C)=C(\N)Nc3nc4ccccc4s3)=C2N)sc1CCCOc1ccc(C#CCO)cc1. The van der Waals surface area contributed by atoms with E-state index in [0.29, 0.717) is 55.6 Å². The number of aliphatic hydroxyl groups excluding tert-OH is 1. The Bertz CT molecular complexity index is 1740. The minimum absolute atomic E-state index is 0.179. The van der Waals surface area contributed by atoms with Crippen LogP contribution in [0.25, 0.3) is 10.2 Å². The average molecular weight is 665 g/mol. The third-order valence-electron chi connectivity index (χ3n) is 7.08. The van der Waals surface area contributed by atoms with E-state index in [1.165, 1.54) is 29.8 Å². The summed E-state index contributed by atoms with van der Waals surface area (Å²) in [5.41, 5.74) is 17.0. The van der Waals surface area contributed by atoms with Crippen LogP contribution in [-0.4, -0.2) is 55.1 Å². The van der Waals surface area contributed by atoms with Crippen LogP contribution in [0.3, 0.4) is 0 Å². The number of alkyl halides is 1. The molecule has 1 aliphatic rings. The molecule has 4 aromatic rings. The highest BCUT2D eigenvalue weighted by Gasteiger charge is 2.27. The van der Waals surface area contributed by atoms with Gasteiger partial charge in [0.1, 0.15) is 24.0 Å². The van der Waals surface area contributed by atoms with Crippen molar-refractivity contribution in [2.45, 2.75) is 32.6 Å². The smallest absolute Gasteiger partial charge is 0.357 e. The lowest BCUT2D eigenvalue weighted by molar-refractivity contribution is 0.0593. The van der Waals surface area contributed by atoms with Gasteiger partial charge in [-0.3, -0.25) is 4.39 Å². The number of benzene rings is 2. The van der Waals surface area contributed by atoms with Crippen LogP contribution in [-0.2, 0) is 11.2 Å². The molecule has 46 heavy (non-hydrogen) atoms. The number of methoxy groups -OCH3 is 1. The molecule has 0 spiro atoms. The first kappa shape index (κ1) is 34.2. The summed E-state index contributed by atoms with van der Waals surface area (Å²) in [6.45, 7) is 2.89. The molecule has 0 bridgehead atoms. The van der Waals surface area contributed by atoms with Crippen LogP contribution in [0.5, 0.6) is 5.75 Å². The zero-order valence-electron chi connectivity index (χ0n) is 25.9. The first-order valence-corrected chi connectivity index (χ1v) is 16.1. The van der Waals surface area contributed by atoms with Crippen LogP contribution in [0.15, 0.2) is 71.3 Å². The van der Waals surface area contributed by atoms with E-state index in [-0.39, 0.29) is 6.61 Å². The van der Waals surface area contributed by atoms with Crippen molar-refractivity contribution in [1.82, 2.24) is 9.97 Å². The number of nitrogens with zero attached hydrogens (tertiary/aromatic N) is 3. The number of rotatable bonds is 10. The molecule has 0 amide bonds. The van der Waals surface area contributed by atoms with Gasteiger partial charge < -0.3 is 36.3 Å². The number of thiazole rings is 2. The minimum atomic E-state index is -0.483. The van der Waals surface area contributed by atoms with Crippen molar-refractivity contribution in [2.24, 2.45) is 11.5 Å². The van der Waals surface area contributed by atoms with Crippen molar-refractivity contribution < 1.29 is 23.8 Å². The first-order chi connectivity index (χ1) is 22.4. The zero-order valence-corrected chi connectivity index (χ0v) is 27.6. The molecular formula is C33H37FN6O4S2. The van der Waals surface area contributed by atoms with Crippen LogP contribution in [0.1, 0.15) is 47.1 Å². The van der Waals surface area contributed by atoms with Gasteiger partial charge in [0.15, 0.2) is 16.0 Å². The van der Waals surface area contributed by atoms with E-state index >= 15 is 0 Å². The topological polar surface area (TPSA) is 149 Å². The van der Waals surface area contributed by atoms with E-state index in [4.69, 9.17) is 26.0 Å². The van der Waals surface area contributed by atoms with Crippen LogP contribution >= 0.6 is 22.7 Å². The van der Waals surface area contributed by atoms with Gasteiger partial charge in [0.25, 0.3) is 0 Å². The number of halogens is 1. The number of ether oxygens (including phenoxy) is 2. The fraction of sp³-hybridized carbons (Fsp3) is 0.303.